The van der Waals surface area contributed by atoms with Crippen LogP contribution in [0.5, 0.6) is 11.5 Å². The first-order valence-corrected chi connectivity index (χ1v) is 9.81. The minimum absolute atomic E-state index is 0.0495. The van der Waals surface area contributed by atoms with Gasteiger partial charge in [-0.05, 0) is 46.5 Å². The number of benzene rings is 4. The fourth-order valence-electron chi connectivity index (χ4n) is 4.18. The van der Waals surface area contributed by atoms with Gasteiger partial charge in [0.1, 0.15) is 11.5 Å². The van der Waals surface area contributed by atoms with E-state index in [2.05, 4.69) is 0 Å². The van der Waals surface area contributed by atoms with E-state index in [0.29, 0.717) is 0 Å². The zero-order valence-corrected chi connectivity index (χ0v) is 16.8. The smallest absolute Gasteiger partial charge is 0.194 e. The second kappa shape index (κ2) is 7.20. The lowest BCUT2D eigenvalue weighted by Gasteiger charge is -2.10. The van der Waals surface area contributed by atoms with E-state index in [4.69, 9.17) is 9.47 Å². The standard InChI is InChI=1S/C27H20O3/c1-29-25-9-5-3-7-19(25)17-11-13-21-22-14-12-18(16-24(22)27(28)23(21)15-17)20-8-4-6-10-26(20)30-2/h3-16H,1-2H3. The second-order valence-electron chi connectivity index (χ2n) is 7.25. The van der Waals surface area contributed by atoms with Gasteiger partial charge in [-0.3, -0.25) is 4.79 Å². The van der Waals surface area contributed by atoms with Crippen LogP contribution in [0.25, 0.3) is 33.4 Å². The number of rotatable bonds is 4. The Bertz CT molecular complexity index is 1190. The average Bonchev–Trinajstić information content (AvgIpc) is 3.10. The van der Waals surface area contributed by atoms with Crippen LogP contribution in [-0.2, 0) is 0 Å². The number of carbonyl (C=O) groups is 1. The Balaban J connectivity index is 1.60. The molecule has 0 bridgehead atoms. The lowest BCUT2D eigenvalue weighted by molar-refractivity contribution is 0.104. The van der Waals surface area contributed by atoms with Crippen molar-refractivity contribution in [3.05, 3.63) is 96.1 Å². The summed E-state index contributed by atoms with van der Waals surface area (Å²) in [6.07, 6.45) is 0. The Labute approximate surface area is 175 Å². The molecule has 4 aromatic rings. The molecule has 0 heterocycles. The van der Waals surface area contributed by atoms with Crippen molar-refractivity contribution in [3.63, 3.8) is 0 Å². The molecular formula is C27H20O3. The lowest BCUT2D eigenvalue weighted by atomic mass is 9.97. The van der Waals surface area contributed by atoms with Crippen LogP contribution in [0.2, 0.25) is 0 Å². The Morgan fingerprint density at radius 1 is 0.500 bits per heavy atom. The molecule has 1 aliphatic rings. The molecule has 0 saturated carbocycles. The zero-order valence-electron chi connectivity index (χ0n) is 16.8. The number of fused-ring (bicyclic) bond motifs is 3. The number of carbonyl (C=O) groups excluding carboxylic acids is 1. The van der Waals surface area contributed by atoms with Gasteiger partial charge >= 0.3 is 0 Å². The molecule has 4 aromatic carbocycles. The fourth-order valence-corrected chi connectivity index (χ4v) is 4.18. The lowest BCUT2D eigenvalue weighted by Crippen LogP contribution is -1.96. The van der Waals surface area contributed by atoms with E-state index in [0.717, 1.165) is 56.0 Å². The summed E-state index contributed by atoms with van der Waals surface area (Å²) in [4.78, 5) is 13.3. The molecule has 0 saturated heterocycles. The normalized spacial score (nSPS) is 11.7. The van der Waals surface area contributed by atoms with Crippen LogP contribution in [-0.4, -0.2) is 20.0 Å². The molecule has 0 unspecified atom stereocenters. The molecule has 0 radical (unpaired) electrons. The first kappa shape index (κ1) is 18.2. The summed E-state index contributed by atoms with van der Waals surface area (Å²) in [5.74, 6) is 1.63. The van der Waals surface area contributed by atoms with Crippen molar-refractivity contribution in [3.8, 4) is 44.9 Å². The molecule has 0 aromatic heterocycles. The largest absolute Gasteiger partial charge is 0.496 e. The highest BCUT2D eigenvalue weighted by molar-refractivity contribution is 6.22. The van der Waals surface area contributed by atoms with E-state index in [9.17, 15) is 4.79 Å². The highest BCUT2D eigenvalue weighted by Crippen LogP contribution is 2.42. The van der Waals surface area contributed by atoms with Gasteiger partial charge in [0.05, 0.1) is 14.2 Å². The summed E-state index contributed by atoms with van der Waals surface area (Å²) >= 11 is 0. The predicted octanol–water partition coefficient (Wildman–Crippen LogP) is 6.25. The van der Waals surface area contributed by atoms with Gasteiger partial charge < -0.3 is 9.47 Å². The molecule has 1 aliphatic carbocycles. The van der Waals surface area contributed by atoms with Crippen molar-refractivity contribution < 1.29 is 14.3 Å². The van der Waals surface area contributed by atoms with Gasteiger partial charge in [0, 0.05) is 22.3 Å². The van der Waals surface area contributed by atoms with E-state index < -0.39 is 0 Å². The Hall–Kier alpha value is -3.85. The fraction of sp³-hybridized carbons (Fsp3) is 0.0741. The number of para-hydroxylation sites is 2. The topological polar surface area (TPSA) is 35.5 Å². The number of hydrogen-bond donors (Lipinski definition) is 0. The quantitative estimate of drug-likeness (QED) is 0.363. The van der Waals surface area contributed by atoms with Crippen LogP contribution in [0, 0.1) is 0 Å². The van der Waals surface area contributed by atoms with Gasteiger partial charge in [0.2, 0.25) is 0 Å². The Morgan fingerprint density at radius 2 is 0.933 bits per heavy atom. The van der Waals surface area contributed by atoms with Crippen LogP contribution in [0.15, 0.2) is 84.9 Å². The predicted molar refractivity (Wildman–Crippen MR) is 119 cm³/mol. The monoisotopic (exact) mass is 392 g/mol. The minimum Gasteiger partial charge on any atom is -0.496 e. The van der Waals surface area contributed by atoms with Crippen LogP contribution in [0.4, 0.5) is 0 Å². The highest BCUT2D eigenvalue weighted by Gasteiger charge is 2.28. The minimum atomic E-state index is 0.0495. The van der Waals surface area contributed by atoms with Gasteiger partial charge in [-0.1, -0.05) is 60.7 Å². The summed E-state index contributed by atoms with van der Waals surface area (Å²) in [5, 5.41) is 0. The number of ether oxygens (including phenoxy) is 2. The number of ketones is 1. The Kier molecular flexibility index (Phi) is 4.36. The molecule has 0 aliphatic heterocycles. The van der Waals surface area contributed by atoms with Crippen molar-refractivity contribution in [1.82, 2.24) is 0 Å². The zero-order chi connectivity index (χ0) is 20.7. The van der Waals surface area contributed by atoms with Crippen molar-refractivity contribution >= 4 is 5.78 Å². The van der Waals surface area contributed by atoms with Crippen LogP contribution < -0.4 is 9.47 Å². The molecule has 30 heavy (non-hydrogen) atoms. The average molecular weight is 392 g/mol. The molecule has 3 heteroatoms. The van der Waals surface area contributed by atoms with Crippen molar-refractivity contribution in [1.29, 1.82) is 0 Å². The molecule has 0 amide bonds. The van der Waals surface area contributed by atoms with Crippen LogP contribution >= 0.6 is 0 Å². The van der Waals surface area contributed by atoms with Crippen molar-refractivity contribution in [2.45, 2.75) is 0 Å². The van der Waals surface area contributed by atoms with Gasteiger partial charge in [0.25, 0.3) is 0 Å². The molecule has 146 valence electrons. The summed E-state index contributed by atoms with van der Waals surface area (Å²) in [7, 11) is 3.32. The summed E-state index contributed by atoms with van der Waals surface area (Å²) in [6.45, 7) is 0. The molecule has 0 N–H and O–H groups in total. The van der Waals surface area contributed by atoms with E-state index >= 15 is 0 Å². The maximum Gasteiger partial charge on any atom is 0.194 e. The molecule has 5 rings (SSSR count). The van der Waals surface area contributed by atoms with Gasteiger partial charge in [-0.25, -0.2) is 0 Å². The highest BCUT2D eigenvalue weighted by atomic mass is 16.5. The van der Waals surface area contributed by atoms with E-state index in [1.165, 1.54) is 0 Å². The Morgan fingerprint density at radius 3 is 1.37 bits per heavy atom. The second-order valence-corrected chi connectivity index (χ2v) is 7.25. The third kappa shape index (κ3) is 2.79. The van der Waals surface area contributed by atoms with Crippen molar-refractivity contribution in [2.24, 2.45) is 0 Å². The third-order valence-electron chi connectivity index (χ3n) is 5.65. The van der Waals surface area contributed by atoms with E-state index in [1.807, 2.05) is 84.9 Å². The molecular weight excluding hydrogens is 372 g/mol. The molecule has 0 fully saturated rings. The van der Waals surface area contributed by atoms with Crippen LogP contribution in [0.1, 0.15) is 15.9 Å². The molecule has 0 atom stereocenters. The van der Waals surface area contributed by atoms with Gasteiger partial charge in [-0.15, -0.1) is 0 Å². The maximum absolute atomic E-state index is 13.3. The van der Waals surface area contributed by atoms with Crippen LogP contribution in [0.3, 0.4) is 0 Å². The molecule has 3 nitrogen and oxygen atoms in total. The van der Waals surface area contributed by atoms with Crippen molar-refractivity contribution in [2.75, 3.05) is 14.2 Å². The third-order valence-corrected chi connectivity index (χ3v) is 5.65. The van der Waals surface area contributed by atoms with Gasteiger partial charge in [-0.2, -0.15) is 0 Å². The number of hydrogen-bond acceptors (Lipinski definition) is 3. The first-order valence-electron chi connectivity index (χ1n) is 9.81. The SMILES string of the molecule is COc1ccccc1-c1ccc2c(c1)C(=O)c1cc(-c3ccccc3OC)ccc1-2. The summed E-state index contributed by atoms with van der Waals surface area (Å²) in [6, 6.07) is 27.8. The molecule has 0 spiro atoms. The summed E-state index contributed by atoms with van der Waals surface area (Å²) in [5.41, 5.74) is 7.29. The summed E-state index contributed by atoms with van der Waals surface area (Å²) < 4.78 is 11.0. The first-order chi connectivity index (χ1) is 14.7. The van der Waals surface area contributed by atoms with Gasteiger partial charge in [0.15, 0.2) is 5.78 Å². The van der Waals surface area contributed by atoms with E-state index in [1.54, 1.807) is 14.2 Å². The number of methoxy groups -OCH3 is 2. The maximum atomic E-state index is 13.3. The van der Waals surface area contributed by atoms with E-state index in [-0.39, 0.29) is 5.78 Å².